The molecule has 1 aromatic heterocycles. The Balaban J connectivity index is 1.60. The third-order valence-electron chi connectivity index (χ3n) is 5.08. The molecule has 1 atom stereocenters. The lowest BCUT2D eigenvalue weighted by Gasteiger charge is -2.24. The fourth-order valence-corrected chi connectivity index (χ4v) is 4.52. The van der Waals surface area contributed by atoms with Gasteiger partial charge in [-0.15, -0.1) is 0 Å². The van der Waals surface area contributed by atoms with Gasteiger partial charge in [-0.05, 0) is 69.3 Å². The topological polar surface area (TPSA) is 150 Å². The van der Waals surface area contributed by atoms with Gasteiger partial charge in [0.1, 0.15) is 23.2 Å². The third kappa shape index (κ3) is 8.86. The Morgan fingerprint density at radius 2 is 1.66 bits per heavy atom. The van der Waals surface area contributed by atoms with Gasteiger partial charge < -0.3 is 20.5 Å². The number of rotatable bonds is 11. The molecule has 2 aromatic carbocycles. The van der Waals surface area contributed by atoms with Crippen LogP contribution in [0.4, 0.5) is 5.82 Å². The number of amides is 1. The molecule has 0 aliphatic rings. The van der Waals surface area contributed by atoms with Crippen molar-refractivity contribution in [2.75, 3.05) is 18.9 Å². The molecule has 1 unspecified atom stereocenters. The van der Waals surface area contributed by atoms with E-state index < -0.39 is 33.5 Å². The van der Waals surface area contributed by atoms with Crippen LogP contribution < -0.4 is 20.5 Å². The number of nitrogens with two attached hydrogens (primary N) is 1. The molecule has 4 N–H and O–H groups in total. The second-order valence-electron chi connectivity index (χ2n) is 9.41. The predicted octanol–water partition coefficient (Wildman–Crippen LogP) is 2.70. The fraction of sp³-hybridized carbons (Fsp3) is 0.296. The van der Waals surface area contributed by atoms with Crippen molar-refractivity contribution >= 4 is 27.7 Å². The number of nitrogens with one attached hydrogen (secondary N) is 2. The summed E-state index contributed by atoms with van der Waals surface area (Å²) in [5.74, 6) is -0.295. The van der Waals surface area contributed by atoms with E-state index in [0.29, 0.717) is 30.2 Å². The Labute approximate surface area is 222 Å². The van der Waals surface area contributed by atoms with Crippen molar-refractivity contribution in [1.29, 1.82) is 0 Å². The summed E-state index contributed by atoms with van der Waals surface area (Å²) in [6.45, 7) is 5.07. The predicted molar refractivity (Wildman–Crippen MR) is 143 cm³/mol. The van der Waals surface area contributed by atoms with Crippen LogP contribution in [0.1, 0.15) is 36.8 Å². The van der Waals surface area contributed by atoms with Crippen LogP contribution in [0.5, 0.6) is 5.75 Å². The number of carbonyl (C=O) groups excluding carboxylic acids is 2. The van der Waals surface area contributed by atoms with E-state index in [2.05, 4.69) is 15.0 Å². The van der Waals surface area contributed by atoms with Crippen LogP contribution >= 0.6 is 0 Å². The van der Waals surface area contributed by atoms with Crippen molar-refractivity contribution in [3.63, 3.8) is 0 Å². The van der Waals surface area contributed by atoms with Gasteiger partial charge in [-0.1, -0.05) is 24.3 Å². The van der Waals surface area contributed by atoms with Gasteiger partial charge in [-0.3, -0.25) is 9.59 Å². The molecule has 0 saturated carbocycles. The lowest BCUT2D eigenvalue weighted by atomic mass is 10.2. The molecule has 38 heavy (non-hydrogen) atoms. The third-order valence-corrected chi connectivity index (χ3v) is 6.57. The maximum atomic E-state index is 12.8. The highest BCUT2D eigenvalue weighted by atomic mass is 32.2. The van der Waals surface area contributed by atoms with Gasteiger partial charge in [-0.2, -0.15) is 4.72 Å². The molecule has 0 aliphatic carbocycles. The largest absolute Gasteiger partial charge is 0.493 e. The first-order chi connectivity index (χ1) is 17.9. The smallest absolute Gasteiger partial charge is 0.326 e. The Bertz CT molecular complexity index is 1340. The first-order valence-electron chi connectivity index (χ1n) is 12.0. The molecule has 0 saturated heterocycles. The van der Waals surface area contributed by atoms with Crippen LogP contribution in [0.25, 0.3) is 0 Å². The van der Waals surface area contributed by atoms with E-state index in [4.69, 9.17) is 15.2 Å². The quantitative estimate of drug-likeness (QED) is 0.314. The maximum absolute atomic E-state index is 12.8. The van der Waals surface area contributed by atoms with E-state index in [-0.39, 0.29) is 11.4 Å². The van der Waals surface area contributed by atoms with E-state index in [1.54, 1.807) is 69.3 Å². The molecular weight excluding hydrogens is 508 g/mol. The number of pyridine rings is 1. The van der Waals surface area contributed by atoms with Crippen molar-refractivity contribution in [3.05, 3.63) is 84.1 Å². The van der Waals surface area contributed by atoms with Gasteiger partial charge in [0.2, 0.25) is 10.0 Å². The lowest BCUT2D eigenvalue weighted by molar-refractivity contribution is -0.156. The molecule has 0 fully saturated rings. The molecule has 1 heterocycles. The van der Waals surface area contributed by atoms with Crippen LogP contribution in [0.15, 0.2) is 77.7 Å². The fourth-order valence-electron chi connectivity index (χ4n) is 3.31. The normalized spacial score (nSPS) is 12.4. The first-order valence-corrected chi connectivity index (χ1v) is 13.4. The Morgan fingerprint density at radius 3 is 2.29 bits per heavy atom. The van der Waals surface area contributed by atoms with Crippen LogP contribution in [-0.2, 0) is 26.0 Å². The minimum absolute atomic E-state index is 0.0120. The highest BCUT2D eigenvalue weighted by molar-refractivity contribution is 7.89. The lowest BCUT2D eigenvalue weighted by Crippen LogP contribution is -2.50. The average molecular weight is 541 g/mol. The van der Waals surface area contributed by atoms with Crippen molar-refractivity contribution < 1.29 is 27.5 Å². The molecule has 0 bridgehead atoms. The number of nitrogens with zero attached hydrogens (tertiary/aromatic N) is 1. The molecule has 10 nitrogen and oxygen atoms in total. The summed E-state index contributed by atoms with van der Waals surface area (Å²) in [4.78, 5) is 29.7. The van der Waals surface area contributed by atoms with Crippen LogP contribution in [0.2, 0.25) is 0 Å². The Morgan fingerprint density at radius 1 is 0.974 bits per heavy atom. The highest BCUT2D eigenvalue weighted by Crippen LogP contribution is 2.14. The summed E-state index contributed by atoms with van der Waals surface area (Å²) in [5, 5.41) is 2.60. The van der Waals surface area contributed by atoms with Crippen LogP contribution in [-0.4, -0.2) is 50.1 Å². The van der Waals surface area contributed by atoms with E-state index in [9.17, 15) is 18.0 Å². The van der Waals surface area contributed by atoms with Gasteiger partial charge in [0.15, 0.2) is 0 Å². The van der Waals surface area contributed by atoms with E-state index in [1.807, 2.05) is 12.1 Å². The standard InChI is InChI=1S/C27H32N4O6S/c1-27(2,3)37-26(33)23(31-38(34,35)22-9-5-4-6-10-22)18-29-25(32)19-12-14-21(15-13-19)36-17-16-20-8-7-11-24(28)30-20/h4-15,23,31H,16-18H2,1-3H3,(H2,28,30)(H,29,32). The molecule has 0 aliphatic heterocycles. The Kier molecular flexibility index (Phi) is 9.43. The van der Waals surface area contributed by atoms with E-state index in [1.165, 1.54) is 12.1 Å². The van der Waals surface area contributed by atoms with E-state index >= 15 is 0 Å². The molecule has 202 valence electrons. The minimum Gasteiger partial charge on any atom is -0.493 e. The number of ether oxygens (including phenoxy) is 2. The monoisotopic (exact) mass is 540 g/mol. The van der Waals surface area contributed by atoms with E-state index in [0.717, 1.165) is 5.69 Å². The highest BCUT2D eigenvalue weighted by Gasteiger charge is 2.30. The summed E-state index contributed by atoms with van der Waals surface area (Å²) in [7, 11) is -4.04. The average Bonchev–Trinajstić information content (AvgIpc) is 2.86. The number of sulfonamides is 1. The second-order valence-corrected chi connectivity index (χ2v) is 11.1. The number of benzene rings is 2. The molecule has 0 spiro atoms. The number of esters is 1. The zero-order chi connectivity index (χ0) is 27.8. The second kappa shape index (κ2) is 12.5. The zero-order valence-electron chi connectivity index (χ0n) is 21.5. The van der Waals surface area contributed by atoms with Crippen molar-refractivity contribution in [2.24, 2.45) is 0 Å². The number of carbonyl (C=O) groups is 2. The minimum atomic E-state index is -4.04. The molecular formula is C27H32N4O6S. The van der Waals surface area contributed by atoms with Gasteiger partial charge in [0, 0.05) is 24.2 Å². The molecule has 0 radical (unpaired) electrons. The molecule has 3 aromatic rings. The summed E-state index contributed by atoms with van der Waals surface area (Å²) in [6, 6.07) is 18.1. The SMILES string of the molecule is CC(C)(C)OC(=O)C(CNC(=O)c1ccc(OCCc2cccc(N)n2)cc1)NS(=O)(=O)c1ccccc1. The summed E-state index contributed by atoms with van der Waals surface area (Å²) in [6.07, 6.45) is 0.568. The number of hydrogen-bond acceptors (Lipinski definition) is 8. The van der Waals surface area contributed by atoms with Crippen LogP contribution in [0, 0.1) is 0 Å². The molecule has 11 heteroatoms. The maximum Gasteiger partial charge on any atom is 0.326 e. The summed E-state index contributed by atoms with van der Waals surface area (Å²) >= 11 is 0. The molecule has 1 amide bonds. The van der Waals surface area contributed by atoms with Crippen molar-refractivity contribution in [1.82, 2.24) is 15.0 Å². The summed E-state index contributed by atoms with van der Waals surface area (Å²) < 4.78 is 39.0. The van der Waals surface area contributed by atoms with Gasteiger partial charge in [-0.25, -0.2) is 13.4 Å². The van der Waals surface area contributed by atoms with Gasteiger partial charge in [0.05, 0.1) is 11.5 Å². The van der Waals surface area contributed by atoms with Gasteiger partial charge >= 0.3 is 5.97 Å². The first kappa shape index (κ1) is 28.6. The van der Waals surface area contributed by atoms with Crippen molar-refractivity contribution in [3.8, 4) is 5.75 Å². The number of aromatic nitrogens is 1. The Hall–Kier alpha value is -3.96. The van der Waals surface area contributed by atoms with Crippen LogP contribution in [0.3, 0.4) is 0 Å². The van der Waals surface area contributed by atoms with Crippen molar-refractivity contribution in [2.45, 2.75) is 43.7 Å². The summed E-state index contributed by atoms with van der Waals surface area (Å²) in [5.41, 5.74) is 5.95. The number of nitrogen functional groups attached to an aromatic ring is 1. The van der Waals surface area contributed by atoms with Gasteiger partial charge in [0.25, 0.3) is 5.91 Å². The number of anilines is 1. The zero-order valence-corrected chi connectivity index (χ0v) is 22.3. The number of hydrogen-bond donors (Lipinski definition) is 3. The molecule has 3 rings (SSSR count).